The van der Waals surface area contributed by atoms with Crippen molar-refractivity contribution in [2.24, 2.45) is 0 Å². The van der Waals surface area contributed by atoms with Crippen LogP contribution in [0.4, 0.5) is 0 Å². The second-order valence-electron chi connectivity index (χ2n) is 2.17. The highest BCUT2D eigenvalue weighted by molar-refractivity contribution is 4.32. The third kappa shape index (κ3) is 17.7. The summed E-state index contributed by atoms with van der Waals surface area (Å²) in [5.74, 6) is 0. The van der Waals surface area contributed by atoms with Crippen LogP contribution in [0.5, 0.6) is 0 Å². The minimum atomic E-state index is 0.733. The van der Waals surface area contributed by atoms with E-state index in [0.717, 1.165) is 19.9 Å². The van der Waals surface area contributed by atoms with Gasteiger partial charge in [-0.3, -0.25) is 4.90 Å². The second-order valence-corrected chi connectivity index (χ2v) is 2.17. The molecule has 3 heteroatoms. The average Bonchev–Trinajstić information content (AvgIpc) is 2.05. The zero-order valence-corrected chi connectivity index (χ0v) is 8.39. The van der Waals surface area contributed by atoms with E-state index in [0.29, 0.717) is 0 Å². The Labute approximate surface area is 70.3 Å². The summed E-state index contributed by atoms with van der Waals surface area (Å²) in [6.07, 6.45) is 0. The summed E-state index contributed by atoms with van der Waals surface area (Å²) in [7, 11) is 5.40. The van der Waals surface area contributed by atoms with Crippen LogP contribution in [-0.4, -0.2) is 46.0 Å². The van der Waals surface area contributed by atoms with E-state index < -0.39 is 0 Å². The van der Waals surface area contributed by atoms with Gasteiger partial charge in [0.15, 0.2) is 0 Å². The molecule has 70 valence electrons. The summed E-state index contributed by atoms with van der Waals surface area (Å²) in [5, 5.41) is 0. The zero-order valence-electron chi connectivity index (χ0n) is 8.39. The topological polar surface area (TPSA) is 21.7 Å². The molecule has 0 spiro atoms. The SMILES string of the molecule is CCN(C)COC.CCOC. The van der Waals surface area contributed by atoms with Gasteiger partial charge in [-0.2, -0.15) is 0 Å². The normalized spacial score (nSPS) is 9.27. The first-order chi connectivity index (χ1) is 5.22. The fourth-order valence-electron chi connectivity index (χ4n) is 0.312. The molecule has 0 atom stereocenters. The summed E-state index contributed by atoms with van der Waals surface area (Å²) < 4.78 is 9.36. The standard InChI is InChI=1S/C5H13NO.C3H8O/c1-4-6(2)5-7-3;1-3-4-2/h4-5H2,1-3H3;3H2,1-2H3. The Hall–Kier alpha value is -0.120. The quantitative estimate of drug-likeness (QED) is 0.581. The van der Waals surface area contributed by atoms with Gasteiger partial charge in [-0.15, -0.1) is 0 Å². The fourth-order valence-corrected chi connectivity index (χ4v) is 0.312. The molecule has 0 rings (SSSR count). The Morgan fingerprint density at radius 2 is 1.55 bits per heavy atom. The molecule has 0 amide bonds. The lowest BCUT2D eigenvalue weighted by Crippen LogP contribution is -2.19. The summed E-state index contributed by atoms with van der Waals surface area (Å²) in [6, 6.07) is 0. The Kier molecular flexibility index (Phi) is 15.4. The highest BCUT2D eigenvalue weighted by Gasteiger charge is 1.86. The van der Waals surface area contributed by atoms with E-state index in [9.17, 15) is 0 Å². The van der Waals surface area contributed by atoms with Crippen molar-refractivity contribution < 1.29 is 9.47 Å². The molecule has 0 N–H and O–H groups in total. The van der Waals surface area contributed by atoms with Crippen LogP contribution in [0.25, 0.3) is 0 Å². The number of rotatable bonds is 4. The molecular weight excluding hydrogens is 142 g/mol. The molecule has 0 aromatic rings. The highest BCUT2D eigenvalue weighted by atomic mass is 16.5. The van der Waals surface area contributed by atoms with Crippen LogP contribution < -0.4 is 0 Å². The third-order valence-corrected chi connectivity index (χ3v) is 1.18. The number of methoxy groups -OCH3 is 2. The van der Waals surface area contributed by atoms with Crippen molar-refractivity contribution >= 4 is 0 Å². The van der Waals surface area contributed by atoms with E-state index in [2.05, 4.69) is 16.6 Å². The van der Waals surface area contributed by atoms with Crippen LogP contribution in [0.15, 0.2) is 0 Å². The minimum absolute atomic E-state index is 0.733. The Bertz CT molecular complexity index is 58.1. The molecule has 0 aromatic heterocycles. The maximum atomic E-state index is 4.82. The van der Waals surface area contributed by atoms with Gasteiger partial charge < -0.3 is 9.47 Å². The molecule has 0 fully saturated rings. The molecule has 0 aliphatic carbocycles. The van der Waals surface area contributed by atoms with Crippen LogP contribution in [0.2, 0.25) is 0 Å². The molecule has 0 unspecified atom stereocenters. The fraction of sp³-hybridized carbons (Fsp3) is 1.00. The molecular formula is C8H21NO2. The van der Waals surface area contributed by atoms with Crippen molar-refractivity contribution in [2.45, 2.75) is 13.8 Å². The predicted molar refractivity (Wildman–Crippen MR) is 47.7 cm³/mol. The lowest BCUT2D eigenvalue weighted by Gasteiger charge is -2.10. The lowest BCUT2D eigenvalue weighted by molar-refractivity contribution is 0.0857. The third-order valence-electron chi connectivity index (χ3n) is 1.18. The maximum absolute atomic E-state index is 4.82. The van der Waals surface area contributed by atoms with Gasteiger partial charge in [0.1, 0.15) is 0 Å². The zero-order chi connectivity index (χ0) is 9.11. The maximum Gasteiger partial charge on any atom is 0.0983 e. The van der Waals surface area contributed by atoms with Crippen molar-refractivity contribution in [3.8, 4) is 0 Å². The van der Waals surface area contributed by atoms with Crippen LogP contribution in [0, 0.1) is 0 Å². The molecule has 0 radical (unpaired) electrons. The van der Waals surface area contributed by atoms with Crippen molar-refractivity contribution in [1.82, 2.24) is 4.90 Å². The van der Waals surface area contributed by atoms with Gasteiger partial charge in [0.2, 0.25) is 0 Å². The molecule has 3 nitrogen and oxygen atoms in total. The summed E-state index contributed by atoms with van der Waals surface area (Å²) in [6.45, 7) is 6.66. The van der Waals surface area contributed by atoms with Crippen molar-refractivity contribution in [3.63, 3.8) is 0 Å². The first kappa shape index (κ1) is 13.5. The summed E-state index contributed by atoms with van der Waals surface area (Å²) in [4.78, 5) is 2.08. The van der Waals surface area contributed by atoms with Gasteiger partial charge >= 0.3 is 0 Å². The molecule has 11 heavy (non-hydrogen) atoms. The van der Waals surface area contributed by atoms with Gasteiger partial charge in [0.25, 0.3) is 0 Å². The van der Waals surface area contributed by atoms with Crippen LogP contribution in [0.3, 0.4) is 0 Å². The largest absolute Gasteiger partial charge is 0.385 e. The predicted octanol–water partition coefficient (Wildman–Crippen LogP) is 1.19. The van der Waals surface area contributed by atoms with Crippen molar-refractivity contribution in [2.75, 3.05) is 41.1 Å². The van der Waals surface area contributed by atoms with E-state index in [1.54, 1.807) is 14.2 Å². The van der Waals surface area contributed by atoms with Crippen LogP contribution >= 0.6 is 0 Å². The Morgan fingerprint density at radius 3 is 1.64 bits per heavy atom. The van der Waals surface area contributed by atoms with Gasteiger partial charge in [0, 0.05) is 20.8 Å². The average molecular weight is 163 g/mol. The highest BCUT2D eigenvalue weighted by Crippen LogP contribution is 1.76. The van der Waals surface area contributed by atoms with Gasteiger partial charge in [0.05, 0.1) is 6.73 Å². The number of ether oxygens (including phenoxy) is 2. The minimum Gasteiger partial charge on any atom is -0.385 e. The molecule has 0 aliphatic heterocycles. The van der Waals surface area contributed by atoms with E-state index in [1.807, 2.05) is 14.0 Å². The smallest absolute Gasteiger partial charge is 0.0983 e. The molecule has 0 heterocycles. The van der Waals surface area contributed by atoms with Crippen LogP contribution in [0.1, 0.15) is 13.8 Å². The monoisotopic (exact) mass is 163 g/mol. The van der Waals surface area contributed by atoms with E-state index in [4.69, 9.17) is 4.74 Å². The van der Waals surface area contributed by atoms with Gasteiger partial charge in [-0.1, -0.05) is 6.92 Å². The van der Waals surface area contributed by atoms with Crippen molar-refractivity contribution in [3.05, 3.63) is 0 Å². The summed E-state index contributed by atoms with van der Waals surface area (Å²) >= 11 is 0. The Balaban J connectivity index is 0. The Morgan fingerprint density at radius 1 is 1.09 bits per heavy atom. The van der Waals surface area contributed by atoms with Crippen LogP contribution in [-0.2, 0) is 9.47 Å². The first-order valence-corrected chi connectivity index (χ1v) is 3.89. The molecule has 0 saturated heterocycles. The van der Waals surface area contributed by atoms with Gasteiger partial charge in [-0.05, 0) is 20.5 Å². The summed E-state index contributed by atoms with van der Waals surface area (Å²) in [5.41, 5.74) is 0. The first-order valence-electron chi connectivity index (χ1n) is 3.89. The van der Waals surface area contributed by atoms with E-state index in [-0.39, 0.29) is 0 Å². The molecule has 0 aromatic carbocycles. The van der Waals surface area contributed by atoms with Gasteiger partial charge in [-0.25, -0.2) is 0 Å². The molecule has 0 aliphatic rings. The number of hydrogen-bond donors (Lipinski definition) is 0. The number of hydrogen-bond acceptors (Lipinski definition) is 3. The molecule has 0 saturated carbocycles. The molecule has 0 bridgehead atoms. The lowest BCUT2D eigenvalue weighted by atomic mass is 10.7. The second kappa shape index (κ2) is 12.5. The van der Waals surface area contributed by atoms with Crippen molar-refractivity contribution in [1.29, 1.82) is 0 Å². The van der Waals surface area contributed by atoms with E-state index >= 15 is 0 Å². The van der Waals surface area contributed by atoms with E-state index in [1.165, 1.54) is 0 Å². The number of nitrogens with zero attached hydrogens (tertiary/aromatic N) is 1.